The molecule has 0 amide bonds. The van der Waals surface area contributed by atoms with Gasteiger partial charge in [0.05, 0.1) is 4.90 Å². The Bertz CT molecular complexity index is 1670. The van der Waals surface area contributed by atoms with Crippen LogP contribution in [0.25, 0.3) is 0 Å². The number of nitrogens with one attached hydrogen (secondary N) is 2. The Hall–Kier alpha value is -3.97. The van der Waals surface area contributed by atoms with Gasteiger partial charge in [-0.2, -0.15) is 0 Å². The molecule has 3 atom stereocenters. The van der Waals surface area contributed by atoms with Crippen LogP contribution in [0, 0.1) is 5.41 Å². The number of benzene rings is 3. The van der Waals surface area contributed by atoms with Gasteiger partial charge < -0.3 is 5.32 Å². The third-order valence-corrected chi connectivity index (χ3v) is 9.41. The number of carbonyl (C=O) groups is 1. The van der Waals surface area contributed by atoms with Crippen LogP contribution < -0.4 is 10.0 Å². The van der Waals surface area contributed by atoms with Crippen molar-refractivity contribution in [3.8, 4) is 0 Å². The van der Waals surface area contributed by atoms with Crippen molar-refractivity contribution in [1.29, 1.82) is 0 Å². The number of rotatable bonds is 7. The number of ketones is 1. The van der Waals surface area contributed by atoms with Crippen LogP contribution in [0.5, 0.6) is 0 Å². The highest BCUT2D eigenvalue weighted by Crippen LogP contribution is 2.45. The van der Waals surface area contributed by atoms with Crippen molar-refractivity contribution in [1.82, 2.24) is 0 Å². The van der Waals surface area contributed by atoms with Gasteiger partial charge >= 0.3 is 0 Å². The van der Waals surface area contributed by atoms with Crippen molar-refractivity contribution in [2.45, 2.75) is 56.4 Å². The van der Waals surface area contributed by atoms with Gasteiger partial charge in [-0.15, -0.1) is 0 Å². The van der Waals surface area contributed by atoms with Crippen LogP contribution in [-0.2, 0) is 20.2 Å². The zero-order valence-electron chi connectivity index (χ0n) is 23.7. The molecule has 3 aromatic rings. The summed E-state index contributed by atoms with van der Waals surface area (Å²) in [4.78, 5) is 14.1. The molecule has 0 aromatic heterocycles. The van der Waals surface area contributed by atoms with Gasteiger partial charge in [-0.05, 0) is 71.0 Å². The summed E-state index contributed by atoms with van der Waals surface area (Å²) >= 11 is 0. The number of hydrogen-bond acceptors (Lipinski definition) is 4. The zero-order valence-corrected chi connectivity index (χ0v) is 24.6. The van der Waals surface area contributed by atoms with Gasteiger partial charge in [0.15, 0.2) is 5.78 Å². The highest BCUT2D eigenvalue weighted by molar-refractivity contribution is 7.92. The molecule has 0 saturated heterocycles. The van der Waals surface area contributed by atoms with Crippen LogP contribution in [-0.4, -0.2) is 20.2 Å². The summed E-state index contributed by atoms with van der Waals surface area (Å²) in [5.74, 6) is -1.000. The molecule has 1 aliphatic carbocycles. The number of Topliss-reactive ketones (excluding diaryl/α,β-unsaturated/α-hetero) is 1. The first-order valence-corrected chi connectivity index (χ1v) is 15.1. The zero-order chi connectivity index (χ0) is 29.6. The minimum absolute atomic E-state index is 0.0933. The lowest BCUT2D eigenvalue weighted by Gasteiger charge is -2.31. The number of fused-ring (bicyclic) bond motifs is 1. The number of anilines is 2. The fraction of sp³-hybridized carbons (Fsp3) is 0.265. The van der Waals surface area contributed by atoms with Crippen LogP contribution in [0.15, 0.2) is 114 Å². The van der Waals surface area contributed by atoms with E-state index >= 15 is 0 Å². The summed E-state index contributed by atoms with van der Waals surface area (Å²) in [6.45, 7) is 12.2. The summed E-state index contributed by atoms with van der Waals surface area (Å²) < 4.78 is 43.4. The molecule has 0 bridgehead atoms. The van der Waals surface area contributed by atoms with Gasteiger partial charge in [0.1, 0.15) is 11.9 Å². The van der Waals surface area contributed by atoms with Gasteiger partial charge in [0.2, 0.25) is 0 Å². The molecule has 0 radical (unpaired) electrons. The minimum Gasteiger partial charge on any atom is -0.374 e. The third kappa shape index (κ3) is 5.64. The molecule has 5 nitrogen and oxygen atoms in total. The Balaban J connectivity index is 1.47. The van der Waals surface area contributed by atoms with E-state index in [0.29, 0.717) is 17.7 Å². The summed E-state index contributed by atoms with van der Waals surface area (Å²) in [6, 6.07) is 21.1. The molecule has 3 aromatic carbocycles. The van der Waals surface area contributed by atoms with Gasteiger partial charge in [-0.25, -0.2) is 12.8 Å². The van der Waals surface area contributed by atoms with Gasteiger partial charge in [-0.3, -0.25) is 9.52 Å². The largest absolute Gasteiger partial charge is 0.374 e. The average Bonchev–Trinajstić information content (AvgIpc) is 3.31. The van der Waals surface area contributed by atoms with Crippen molar-refractivity contribution in [3.63, 3.8) is 0 Å². The number of hydrogen-bond donors (Lipinski definition) is 2. The maximum Gasteiger partial charge on any atom is 0.261 e. The van der Waals surface area contributed by atoms with Crippen LogP contribution in [0.1, 0.15) is 56.7 Å². The van der Waals surface area contributed by atoms with Crippen molar-refractivity contribution < 1.29 is 17.6 Å². The lowest BCUT2D eigenvalue weighted by Crippen LogP contribution is -2.36. The average molecular weight is 571 g/mol. The highest BCUT2D eigenvalue weighted by Gasteiger charge is 2.42. The van der Waals surface area contributed by atoms with Crippen LogP contribution in [0.3, 0.4) is 0 Å². The smallest absolute Gasteiger partial charge is 0.261 e. The van der Waals surface area contributed by atoms with Crippen LogP contribution in [0.2, 0.25) is 0 Å². The van der Waals surface area contributed by atoms with E-state index in [0.717, 1.165) is 22.4 Å². The summed E-state index contributed by atoms with van der Waals surface area (Å²) in [6.07, 6.45) is 5.04. The van der Waals surface area contributed by atoms with E-state index in [1.54, 1.807) is 36.4 Å². The number of allylic oxidation sites excluding steroid dienone is 4. The van der Waals surface area contributed by atoms with Crippen molar-refractivity contribution >= 4 is 27.2 Å². The first-order valence-electron chi connectivity index (χ1n) is 13.7. The summed E-state index contributed by atoms with van der Waals surface area (Å²) in [5.41, 5.74) is 3.26. The molecule has 1 aliphatic heterocycles. The third-order valence-electron chi connectivity index (χ3n) is 8.02. The molecule has 0 saturated carbocycles. The molecular weight excluding hydrogens is 535 g/mol. The minimum atomic E-state index is -3.85. The van der Waals surface area contributed by atoms with E-state index in [-0.39, 0.29) is 21.9 Å². The molecule has 3 unspecified atom stereocenters. The second-order valence-corrected chi connectivity index (χ2v) is 13.8. The predicted molar refractivity (Wildman–Crippen MR) is 163 cm³/mol. The summed E-state index contributed by atoms with van der Waals surface area (Å²) in [5, 5.41) is 3.35. The molecule has 5 rings (SSSR count). The molecule has 41 heavy (non-hydrogen) atoms. The second-order valence-electron chi connectivity index (χ2n) is 12.1. The lowest BCUT2D eigenvalue weighted by molar-refractivity contribution is -0.117. The van der Waals surface area contributed by atoms with E-state index in [9.17, 15) is 17.6 Å². The van der Waals surface area contributed by atoms with Gasteiger partial charge in [0.25, 0.3) is 10.0 Å². The molecule has 1 heterocycles. The Morgan fingerprint density at radius 2 is 1.73 bits per heavy atom. The first kappa shape index (κ1) is 28.6. The Labute approximate surface area is 241 Å². The highest BCUT2D eigenvalue weighted by atomic mass is 32.2. The molecule has 2 N–H and O–H groups in total. The van der Waals surface area contributed by atoms with Gasteiger partial charge in [0, 0.05) is 28.3 Å². The second kappa shape index (κ2) is 10.5. The normalized spacial score (nSPS) is 21.9. The maximum absolute atomic E-state index is 14.2. The molecule has 0 fully saturated rings. The molecule has 2 aliphatic rings. The standard InChI is InChI=1S/C34H35FN2O3S/c1-22(34(5)19-9-12-25(35)21-34)32(38)31-30(23-10-7-6-8-11-23)28-20-26(15-18-29(28)36-31)37-41(39,40)27-16-13-24(14-17-27)33(2,3)4/h6-18,20-21,30-31,36-37H,1,19H2,2-5H3. The predicted octanol–water partition coefficient (Wildman–Crippen LogP) is 7.66. The maximum atomic E-state index is 14.2. The molecule has 0 spiro atoms. The van der Waals surface area contributed by atoms with Crippen molar-refractivity contribution in [2.24, 2.45) is 5.41 Å². The molecule has 212 valence electrons. The monoisotopic (exact) mass is 570 g/mol. The van der Waals surface area contributed by atoms with Crippen molar-refractivity contribution in [3.05, 3.63) is 126 Å². The fourth-order valence-electron chi connectivity index (χ4n) is 5.55. The number of carbonyl (C=O) groups excluding carboxylic acids is 1. The lowest BCUT2D eigenvalue weighted by atomic mass is 9.72. The van der Waals surface area contributed by atoms with Crippen LogP contribution >= 0.6 is 0 Å². The van der Waals surface area contributed by atoms with Crippen molar-refractivity contribution in [2.75, 3.05) is 10.0 Å². The Morgan fingerprint density at radius 1 is 1.05 bits per heavy atom. The Kier molecular flexibility index (Phi) is 7.28. The van der Waals surface area contributed by atoms with Crippen LogP contribution in [0.4, 0.5) is 15.8 Å². The van der Waals surface area contributed by atoms with E-state index in [1.165, 1.54) is 12.2 Å². The number of sulfonamides is 1. The fourth-order valence-corrected chi connectivity index (χ4v) is 6.60. The number of halogens is 1. The Morgan fingerprint density at radius 3 is 2.37 bits per heavy atom. The quantitative estimate of drug-likeness (QED) is 0.286. The first-order chi connectivity index (χ1) is 19.3. The van der Waals surface area contributed by atoms with E-state index in [2.05, 4.69) is 37.4 Å². The van der Waals surface area contributed by atoms with E-state index in [4.69, 9.17) is 0 Å². The summed E-state index contributed by atoms with van der Waals surface area (Å²) in [7, 11) is -3.85. The van der Waals surface area contributed by atoms with Gasteiger partial charge in [-0.1, -0.05) is 82.8 Å². The van der Waals surface area contributed by atoms with E-state index < -0.39 is 27.4 Å². The SMILES string of the molecule is C=C(C(=O)C1Nc2ccc(NS(=O)(=O)c3ccc(C(C)(C)C)cc3)cc2C1c1ccccc1)C1(C)C=C(F)C=CC1. The van der Waals surface area contributed by atoms with E-state index in [1.807, 2.05) is 49.4 Å². The molecule has 7 heteroatoms. The topological polar surface area (TPSA) is 75.3 Å². The molecular formula is C34H35FN2O3S.